The average Bonchev–Trinajstić information content (AvgIpc) is 3.42. The zero-order valence-corrected chi connectivity index (χ0v) is 31.0. The molecule has 2 aromatic heterocycles. The maximum Gasteiger partial charge on any atom is 0.149 e. The van der Waals surface area contributed by atoms with Crippen LogP contribution in [0.15, 0.2) is 97.7 Å². The predicted molar refractivity (Wildman–Crippen MR) is 208 cm³/mol. The molecule has 0 amide bonds. The van der Waals surface area contributed by atoms with Gasteiger partial charge in [-0.05, 0) is 106 Å². The topological polar surface area (TPSA) is 50.9 Å². The number of phenolic OH excluding ortho intramolecular Hbond substituents is 1. The molecule has 1 N–H and O–H groups in total. The number of hydrogen-bond donors (Lipinski definition) is 1. The fourth-order valence-electron chi connectivity index (χ4n) is 6.29. The van der Waals surface area contributed by atoms with Crippen molar-refractivity contribution in [2.45, 2.75) is 85.5 Å². The number of para-hydroxylation sites is 1. The fraction of sp³-hybridized carbons (Fsp3) is 0.289. The molecule has 4 aromatic carbocycles. The molecule has 0 unspecified atom stereocenters. The van der Waals surface area contributed by atoms with Crippen molar-refractivity contribution < 1.29 is 9.50 Å². The Morgan fingerprint density at radius 2 is 1.32 bits per heavy atom. The number of rotatable bonds is 5. The van der Waals surface area contributed by atoms with Crippen molar-refractivity contribution >= 4 is 16.6 Å². The maximum atomic E-state index is 14.3. The SMILES string of the molecule is C=C(C)c1ccnc(-c2cc(-c3cccc4c3nc(-c3ccc(F)cc3O)n4-c3cc(C(C)(C)C)cc(C(C)(C)C)c3)cc(C(C)(C)C)c2)c1. The smallest absolute Gasteiger partial charge is 0.149 e. The van der Waals surface area contributed by atoms with Gasteiger partial charge in [-0.1, -0.05) is 98.7 Å². The van der Waals surface area contributed by atoms with E-state index in [9.17, 15) is 9.50 Å². The van der Waals surface area contributed by atoms with Gasteiger partial charge in [0.05, 0.1) is 22.3 Å². The molecular formula is C45H48FN3O. The van der Waals surface area contributed by atoms with Crippen molar-refractivity contribution in [2.24, 2.45) is 0 Å². The van der Waals surface area contributed by atoms with Gasteiger partial charge in [-0.3, -0.25) is 9.55 Å². The standard InChI is InChI=1S/C45H48FN3O/c1-27(2)28-17-18-47-38(22-28)30-19-29(20-31(21-30)43(3,4)5)36-13-12-14-39-41(36)48-42(37-16-15-34(46)26-40(37)50)49(39)35-24-32(44(6,7)8)23-33(25-35)45(9,10)11/h12-26,50H,1H2,2-11H3. The van der Waals surface area contributed by atoms with Crippen LogP contribution in [0.3, 0.4) is 0 Å². The second-order valence-corrected chi connectivity index (χ2v) is 16.6. The largest absolute Gasteiger partial charge is 0.507 e. The Bertz CT molecular complexity index is 2240. The quantitative estimate of drug-likeness (QED) is 0.199. The number of hydrogen-bond acceptors (Lipinski definition) is 3. The van der Waals surface area contributed by atoms with Crippen molar-refractivity contribution in [1.29, 1.82) is 0 Å². The van der Waals surface area contributed by atoms with Crippen LogP contribution in [0.25, 0.3) is 56.1 Å². The summed E-state index contributed by atoms with van der Waals surface area (Å²) < 4.78 is 16.4. The zero-order valence-electron chi connectivity index (χ0n) is 31.0. The lowest BCUT2D eigenvalue weighted by molar-refractivity contribution is 0.470. The summed E-state index contributed by atoms with van der Waals surface area (Å²) in [7, 11) is 0. The van der Waals surface area contributed by atoms with Crippen LogP contribution in [0.4, 0.5) is 4.39 Å². The minimum atomic E-state index is -0.504. The molecule has 0 aliphatic carbocycles. The molecule has 0 aliphatic heterocycles. The molecule has 256 valence electrons. The number of fused-ring (bicyclic) bond motifs is 1. The van der Waals surface area contributed by atoms with Crippen LogP contribution in [0.5, 0.6) is 5.75 Å². The molecule has 0 saturated carbocycles. The Kier molecular flexibility index (Phi) is 8.62. The average molecular weight is 666 g/mol. The van der Waals surface area contributed by atoms with E-state index in [1.807, 2.05) is 19.2 Å². The molecule has 6 aromatic rings. The second kappa shape index (κ2) is 12.4. The van der Waals surface area contributed by atoms with Crippen LogP contribution in [0.2, 0.25) is 0 Å². The molecular weight excluding hydrogens is 618 g/mol. The van der Waals surface area contributed by atoms with Crippen LogP contribution in [-0.4, -0.2) is 19.6 Å². The lowest BCUT2D eigenvalue weighted by Gasteiger charge is -2.27. The monoisotopic (exact) mass is 665 g/mol. The third-order valence-corrected chi connectivity index (χ3v) is 9.45. The van der Waals surface area contributed by atoms with Gasteiger partial charge in [0.1, 0.15) is 17.4 Å². The first-order chi connectivity index (χ1) is 23.3. The van der Waals surface area contributed by atoms with E-state index in [1.54, 1.807) is 6.07 Å². The maximum absolute atomic E-state index is 14.3. The number of phenols is 1. The third-order valence-electron chi connectivity index (χ3n) is 9.45. The van der Waals surface area contributed by atoms with Crippen molar-refractivity contribution in [3.05, 3.63) is 126 Å². The Morgan fingerprint density at radius 1 is 0.700 bits per heavy atom. The summed E-state index contributed by atoms with van der Waals surface area (Å²) in [6.07, 6.45) is 1.84. The lowest BCUT2D eigenvalue weighted by atomic mass is 9.80. The van der Waals surface area contributed by atoms with Gasteiger partial charge in [0.2, 0.25) is 0 Å². The first kappa shape index (κ1) is 34.8. The van der Waals surface area contributed by atoms with E-state index in [-0.39, 0.29) is 22.0 Å². The van der Waals surface area contributed by atoms with E-state index < -0.39 is 5.82 Å². The highest BCUT2D eigenvalue weighted by Gasteiger charge is 2.26. The van der Waals surface area contributed by atoms with Gasteiger partial charge in [-0.25, -0.2) is 9.37 Å². The van der Waals surface area contributed by atoms with Crippen molar-refractivity contribution in [2.75, 3.05) is 0 Å². The molecule has 0 saturated heterocycles. The molecule has 6 rings (SSSR count). The van der Waals surface area contributed by atoms with Gasteiger partial charge >= 0.3 is 0 Å². The van der Waals surface area contributed by atoms with Gasteiger partial charge in [0.15, 0.2) is 0 Å². The first-order valence-electron chi connectivity index (χ1n) is 17.3. The number of nitrogens with zero attached hydrogens (tertiary/aromatic N) is 3. The number of allylic oxidation sites excluding steroid dienone is 1. The molecule has 0 fully saturated rings. The number of aromatic hydroxyl groups is 1. The van der Waals surface area contributed by atoms with Crippen molar-refractivity contribution in [1.82, 2.24) is 14.5 Å². The summed E-state index contributed by atoms with van der Waals surface area (Å²) in [6, 6.07) is 27.8. The first-order valence-corrected chi connectivity index (χ1v) is 17.3. The van der Waals surface area contributed by atoms with Crippen molar-refractivity contribution in [3.63, 3.8) is 0 Å². The van der Waals surface area contributed by atoms with E-state index in [0.29, 0.717) is 11.4 Å². The summed E-state index contributed by atoms with van der Waals surface area (Å²) in [5, 5.41) is 11.1. The number of pyridine rings is 1. The summed E-state index contributed by atoms with van der Waals surface area (Å²) >= 11 is 0. The molecule has 4 nitrogen and oxygen atoms in total. The Hall–Kier alpha value is -5.03. The van der Waals surface area contributed by atoms with E-state index in [2.05, 4.69) is 134 Å². The molecule has 0 aliphatic rings. The minimum Gasteiger partial charge on any atom is -0.507 e. The van der Waals surface area contributed by atoms with E-state index >= 15 is 0 Å². The van der Waals surface area contributed by atoms with Gasteiger partial charge < -0.3 is 5.11 Å². The van der Waals surface area contributed by atoms with Gasteiger partial charge in [-0.15, -0.1) is 0 Å². The van der Waals surface area contributed by atoms with Gasteiger partial charge in [0, 0.05) is 29.1 Å². The van der Waals surface area contributed by atoms with E-state index in [0.717, 1.165) is 56.3 Å². The highest BCUT2D eigenvalue weighted by Crippen LogP contribution is 2.41. The second-order valence-electron chi connectivity index (χ2n) is 16.6. The third kappa shape index (κ3) is 6.74. The van der Waals surface area contributed by atoms with Crippen LogP contribution in [-0.2, 0) is 16.2 Å². The van der Waals surface area contributed by atoms with Crippen LogP contribution in [0.1, 0.15) is 91.5 Å². The molecule has 0 bridgehead atoms. The van der Waals surface area contributed by atoms with E-state index in [1.165, 1.54) is 22.8 Å². The molecule has 0 spiro atoms. The number of imidazole rings is 1. The van der Waals surface area contributed by atoms with Gasteiger partial charge in [0.25, 0.3) is 0 Å². The fourth-order valence-corrected chi connectivity index (χ4v) is 6.29. The van der Waals surface area contributed by atoms with Crippen LogP contribution < -0.4 is 0 Å². The van der Waals surface area contributed by atoms with Crippen molar-refractivity contribution in [3.8, 4) is 45.2 Å². The summed E-state index contributed by atoms with van der Waals surface area (Å²) in [5.74, 6) is -0.124. The lowest BCUT2D eigenvalue weighted by Crippen LogP contribution is -2.17. The zero-order chi connectivity index (χ0) is 36.3. The van der Waals surface area contributed by atoms with Crippen LogP contribution in [0, 0.1) is 5.82 Å². The number of aromatic nitrogens is 3. The Morgan fingerprint density at radius 3 is 1.92 bits per heavy atom. The number of halogens is 1. The molecule has 0 atom stereocenters. The van der Waals surface area contributed by atoms with Gasteiger partial charge in [-0.2, -0.15) is 0 Å². The molecule has 0 radical (unpaired) electrons. The highest BCUT2D eigenvalue weighted by molar-refractivity contribution is 5.96. The Labute approximate surface area is 296 Å². The molecule has 50 heavy (non-hydrogen) atoms. The predicted octanol–water partition coefficient (Wildman–Crippen LogP) is 12.2. The number of benzene rings is 4. The molecule has 5 heteroatoms. The minimum absolute atomic E-state index is 0.116. The molecule has 2 heterocycles. The Balaban J connectivity index is 1.70. The summed E-state index contributed by atoms with van der Waals surface area (Å²) in [5.41, 5.74) is 12.1. The normalized spacial score (nSPS) is 12.5. The highest BCUT2D eigenvalue weighted by atomic mass is 19.1. The van der Waals surface area contributed by atoms with Crippen LogP contribution >= 0.6 is 0 Å². The summed E-state index contributed by atoms with van der Waals surface area (Å²) in [6.45, 7) is 26.1. The summed E-state index contributed by atoms with van der Waals surface area (Å²) in [4.78, 5) is 10.1. The van der Waals surface area contributed by atoms with E-state index in [4.69, 9.17) is 9.97 Å².